The van der Waals surface area contributed by atoms with Crippen molar-refractivity contribution in [2.75, 3.05) is 26.8 Å². The van der Waals surface area contributed by atoms with Gasteiger partial charge in [0.05, 0.1) is 25.7 Å². The summed E-state index contributed by atoms with van der Waals surface area (Å²) in [7, 11) is 1.50. The average molecular weight is 552 g/mol. The van der Waals surface area contributed by atoms with Crippen molar-refractivity contribution < 1.29 is 33.0 Å². The summed E-state index contributed by atoms with van der Waals surface area (Å²) in [5.74, 6) is -0.309. The molecule has 2 aromatic carbocycles. The zero-order valence-corrected chi connectivity index (χ0v) is 21.9. The quantitative estimate of drug-likeness (QED) is 0.443. The molecule has 1 fully saturated rings. The molecule has 1 aromatic heterocycles. The number of hydrogen-bond donors (Lipinski definition) is 3. The van der Waals surface area contributed by atoms with Crippen molar-refractivity contribution in [3.63, 3.8) is 0 Å². The predicted octanol–water partition coefficient (Wildman–Crippen LogP) is 1.98. The van der Waals surface area contributed by atoms with Gasteiger partial charge in [-0.3, -0.25) is 14.4 Å². The molecule has 0 aliphatic carbocycles. The molecule has 0 radical (unpaired) electrons. The summed E-state index contributed by atoms with van der Waals surface area (Å²) < 4.78 is 31.8. The van der Waals surface area contributed by atoms with Crippen molar-refractivity contribution in [3.8, 4) is 17.2 Å². The maximum Gasteiger partial charge on any atom is 0.271 e. The third-order valence-electron chi connectivity index (χ3n) is 6.85. The number of aromatic nitrogens is 2. The fraction of sp³-hybridized carbons (Fsp3) is 0.357. The van der Waals surface area contributed by atoms with Crippen LogP contribution < -0.4 is 24.8 Å². The molecule has 3 amide bonds. The number of nitrogens with one attached hydrogen (secondary N) is 3. The van der Waals surface area contributed by atoms with Crippen LogP contribution in [0.2, 0.25) is 0 Å². The van der Waals surface area contributed by atoms with Crippen LogP contribution in [0.1, 0.15) is 34.5 Å². The van der Waals surface area contributed by atoms with Crippen LogP contribution in [0.15, 0.2) is 48.9 Å². The second-order valence-electron chi connectivity index (χ2n) is 9.68. The van der Waals surface area contributed by atoms with Gasteiger partial charge in [-0.25, -0.2) is 9.37 Å². The standard InChI is InChI=1S/C28H30FN5O6/c1-38-24-4-2-17-3-5-26(35)31-12-18-8-19(29)11-20(9-18)40-23-6-7-34(28(37)21-13-30-16-32-21)14-22(23)33-27(36)15-39-25(24)10-17/h2,4,8-11,13,16,22-23H,3,5-7,12,14-15H2,1H3,(H,30,32)(H,31,35)(H,33,36)/t22-,23-/m1/s1. The monoisotopic (exact) mass is 551 g/mol. The van der Waals surface area contributed by atoms with Gasteiger partial charge < -0.3 is 34.7 Å². The van der Waals surface area contributed by atoms with Gasteiger partial charge in [0, 0.05) is 38.5 Å². The van der Waals surface area contributed by atoms with Crippen LogP contribution in [0.4, 0.5) is 4.39 Å². The molecule has 2 aliphatic rings. The molecule has 210 valence electrons. The van der Waals surface area contributed by atoms with Gasteiger partial charge in [0.2, 0.25) is 5.91 Å². The molecule has 5 rings (SSSR count). The Labute approximate surface area is 230 Å². The fourth-order valence-electron chi connectivity index (χ4n) is 4.83. The minimum absolute atomic E-state index is 0.126. The van der Waals surface area contributed by atoms with E-state index in [0.29, 0.717) is 42.1 Å². The highest BCUT2D eigenvalue weighted by Crippen LogP contribution is 2.29. The van der Waals surface area contributed by atoms with E-state index in [-0.39, 0.29) is 43.7 Å². The van der Waals surface area contributed by atoms with Gasteiger partial charge in [0.15, 0.2) is 18.1 Å². The first kappa shape index (κ1) is 27.0. The van der Waals surface area contributed by atoms with E-state index in [0.717, 1.165) is 5.56 Å². The van der Waals surface area contributed by atoms with Crippen LogP contribution in [0.3, 0.4) is 0 Å². The Morgan fingerprint density at radius 3 is 2.80 bits per heavy atom. The van der Waals surface area contributed by atoms with Crippen molar-refractivity contribution in [1.82, 2.24) is 25.5 Å². The summed E-state index contributed by atoms with van der Waals surface area (Å²) in [4.78, 5) is 46.8. The Balaban J connectivity index is 1.41. The lowest BCUT2D eigenvalue weighted by Crippen LogP contribution is -2.58. The normalized spacial score (nSPS) is 20.0. The molecule has 1 saturated heterocycles. The van der Waals surface area contributed by atoms with Gasteiger partial charge in [-0.1, -0.05) is 6.07 Å². The third-order valence-corrected chi connectivity index (χ3v) is 6.85. The number of nitrogens with zero attached hydrogens (tertiary/aromatic N) is 2. The largest absolute Gasteiger partial charge is 0.493 e. The van der Waals surface area contributed by atoms with E-state index < -0.39 is 23.9 Å². The van der Waals surface area contributed by atoms with Crippen molar-refractivity contribution in [2.24, 2.45) is 0 Å². The van der Waals surface area contributed by atoms with Gasteiger partial charge in [-0.05, 0) is 41.8 Å². The zero-order valence-electron chi connectivity index (χ0n) is 21.9. The first-order valence-electron chi connectivity index (χ1n) is 13.0. The molecule has 2 atom stereocenters. The van der Waals surface area contributed by atoms with E-state index in [2.05, 4.69) is 20.6 Å². The minimum atomic E-state index is -0.616. The number of H-pyrrole nitrogens is 1. The topological polar surface area (TPSA) is 135 Å². The number of carbonyl (C=O) groups is 3. The molecule has 4 bridgehead atoms. The third kappa shape index (κ3) is 6.50. The molecular formula is C28H30FN5O6. The first-order chi connectivity index (χ1) is 19.4. The number of aryl methyl sites for hydroxylation is 1. The number of fused-ring (bicyclic) bond motifs is 5. The Hall–Kier alpha value is -4.61. The summed E-state index contributed by atoms with van der Waals surface area (Å²) in [5, 5.41) is 5.75. The molecule has 0 unspecified atom stereocenters. The molecule has 3 heterocycles. The minimum Gasteiger partial charge on any atom is -0.493 e. The molecule has 40 heavy (non-hydrogen) atoms. The van der Waals surface area contributed by atoms with Gasteiger partial charge in [0.1, 0.15) is 23.4 Å². The van der Waals surface area contributed by atoms with Crippen molar-refractivity contribution in [2.45, 2.75) is 38.0 Å². The predicted molar refractivity (Wildman–Crippen MR) is 141 cm³/mol. The number of benzene rings is 2. The molecule has 12 heteroatoms. The van der Waals surface area contributed by atoms with E-state index in [1.54, 1.807) is 23.1 Å². The molecule has 0 spiro atoms. The van der Waals surface area contributed by atoms with E-state index in [1.807, 2.05) is 6.07 Å². The summed E-state index contributed by atoms with van der Waals surface area (Å²) in [5.41, 5.74) is 1.70. The number of carbonyl (C=O) groups excluding carboxylic acids is 3. The zero-order chi connectivity index (χ0) is 28.1. The molecule has 11 nitrogen and oxygen atoms in total. The number of aromatic amines is 1. The summed E-state index contributed by atoms with van der Waals surface area (Å²) in [6.07, 6.45) is 3.32. The van der Waals surface area contributed by atoms with E-state index >= 15 is 0 Å². The number of halogens is 1. The molecule has 2 aliphatic heterocycles. The Bertz CT molecular complexity index is 1380. The number of ether oxygens (including phenoxy) is 3. The van der Waals surface area contributed by atoms with Crippen molar-refractivity contribution >= 4 is 17.7 Å². The first-order valence-corrected chi connectivity index (χ1v) is 13.0. The second-order valence-corrected chi connectivity index (χ2v) is 9.68. The number of rotatable bonds is 2. The lowest BCUT2D eigenvalue weighted by atomic mass is 10.0. The SMILES string of the molecule is COc1ccc2cc1OCC(=O)N[C@@H]1CN(C(=O)c3cnc[nH]3)CC[C@H]1Oc1cc(F)cc(c1)CNC(=O)CC2. The van der Waals surface area contributed by atoms with E-state index in [4.69, 9.17) is 14.2 Å². The molecule has 3 N–H and O–H groups in total. The highest BCUT2D eigenvalue weighted by atomic mass is 19.1. The van der Waals surface area contributed by atoms with E-state index in [9.17, 15) is 18.8 Å². The Kier molecular flexibility index (Phi) is 8.13. The fourth-order valence-corrected chi connectivity index (χ4v) is 4.83. The number of hydrogen-bond acceptors (Lipinski definition) is 7. The summed E-state index contributed by atoms with van der Waals surface area (Å²) in [6.45, 7) is 0.322. The highest BCUT2D eigenvalue weighted by molar-refractivity contribution is 5.92. The van der Waals surface area contributed by atoms with E-state index in [1.165, 1.54) is 31.8 Å². The number of likely N-dealkylation sites (tertiary alicyclic amines) is 1. The molecule has 0 saturated carbocycles. The number of amides is 3. The summed E-state index contributed by atoms with van der Waals surface area (Å²) >= 11 is 0. The number of piperidine rings is 1. The Morgan fingerprint density at radius 1 is 1.12 bits per heavy atom. The van der Waals surface area contributed by atoms with Gasteiger partial charge in [0.25, 0.3) is 11.8 Å². The van der Waals surface area contributed by atoms with Crippen LogP contribution in [0, 0.1) is 5.82 Å². The van der Waals surface area contributed by atoms with Crippen LogP contribution in [-0.4, -0.2) is 71.5 Å². The maximum atomic E-state index is 14.5. The molecule has 3 aromatic rings. The van der Waals surface area contributed by atoms with Gasteiger partial charge in [-0.15, -0.1) is 0 Å². The lowest BCUT2D eigenvalue weighted by Gasteiger charge is -2.38. The van der Waals surface area contributed by atoms with Crippen LogP contribution >= 0.6 is 0 Å². The maximum absolute atomic E-state index is 14.5. The smallest absolute Gasteiger partial charge is 0.271 e. The van der Waals surface area contributed by atoms with Crippen LogP contribution in [-0.2, 0) is 22.6 Å². The highest BCUT2D eigenvalue weighted by Gasteiger charge is 2.35. The molecular weight excluding hydrogens is 521 g/mol. The Morgan fingerprint density at radius 2 is 2.00 bits per heavy atom. The van der Waals surface area contributed by atoms with Crippen LogP contribution in [0.25, 0.3) is 0 Å². The average Bonchev–Trinajstić information content (AvgIpc) is 3.49. The summed E-state index contributed by atoms with van der Waals surface area (Å²) in [6, 6.07) is 8.92. The van der Waals surface area contributed by atoms with Crippen molar-refractivity contribution in [1.29, 1.82) is 0 Å². The van der Waals surface area contributed by atoms with Crippen LogP contribution in [0.5, 0.6) is 17.2 Å². The number of imidazole rings is 1. The van der Waals surface area contributed by atoms with Crippen molar-refractivity contribution in [3.05, 3.63) is 71.6 Å². The lowest BCUT2D eigenvalue weighted by molar-refractivity contribution is -0.125. The second kappa shape index (κ2) is 12.1. The van der Waals surface area contributed by atoms with Gasteiger partial charge in [-0.2, -0.15) is 0 Å². The number of methoxy groups -OCH3 is 1. The van der Waals surface area contributed by atoms with Gasteiger partial charge >= 0.3 is 0 Å².